The van der Waals surface area contributed by atoms with Crippen molar-refractivity contribution >= 4 is 28.9 Å². The zero-order chi connectivity index (χ0) is 12.8. The van der Waals surface area contributed by atoms with Gasteiger partial charge < -0.3 is 16.0 Å². The first kappa shape index (κ1) is 13.4. The van der Waals surface area contributed by atoms with Crippen LogP contribution in [0, 0.1) is 13.8 Å². The Labute approximate surface area is 107 Å². The molecule has 92 valence electrons. The highest BCUT2D eigenvalue weighted by Crippen LogP contribution is 2.13. The minimum Gasteiger partial charge on any atom is -0.358 e. The first-order chi connectivity index (χ1) is 8.02. The summed E-state index contributed by atoms with van der Waals surface area (Å²) in [4.78, 5) is 11.0. The molecule has 1 aromatic rings. The van der Waals surface area contributed by atoms with Gasteiger partial charge in [0.1, 0.15) is 0 Å². The highest BCUT2D eigenvalue weighted by atomic mass is 32.1. The molecule has 0 spiro atoms. The van der Waals surface area contributed by atoms with Gasteiger partial charge in [-0.05, 0) is 49.3 Å². The van der Waals surface area contributed by atoms with Crippen molar-refractivity contribution in [2.75, 3.05) is 18.9 Å². The molecule has 0 bridgehead atoms. The van der Waals surface area contributed by atoms with E-state index >= 15 is 0 Å². The number of likely N-dealkylation sites (N-methyl/N-ethyl adjacent to an activating group) is 1. The lowest BCUT2D eigenvalue weighted by molar-refractivity contribution is -0.119. The number of anilines is 1. The molecule has 0 fully saturated rings. The number of hydrogen-bond donors (Lipinski definition) is 3. The van der Waals surface area contributed by atoms with Gasteiger partial charge in [-0.15, -0.1) is 0 Å². The molecular weight excluding hydrogens is 234 g/mol. The third-order valence-electron chi connectivity index (χ3n) is 2.45. The fraction of sp³-hybridized carbons (Fsp3) is 0.333. The lowest BCUT2D eigenvalue weighted by Gasteiger charge is -2.11. The van der Waals surface area contributed by atoms with E-state index in [1.54, 1.807) is 7.05 Å². The number of carbonyl (C=O) groups is 1. The van der Waals surface area contributed by atoms with Crippen molar-refractivity contribution in [2.45, 2.75) is 13.8 Å². The van der Waals surface area contributed by atoms with Crippen LogP contribution in [0.25, 0.3) is 0 Å². The van der Waals surface area contributed by atoms with Crippen molar-refractivity contribution in [2.24, 2.45) is 0 Å². The maximum absolute atomic E-state index is 11.0. The number of nitrogens with one attached hydrogen (secondary N) is 3. The molecule has 1 amide bonds. The van der Waals surface area contributed by atoms with E-state index in [4.69, 9.17) is 12.2 Å². The normalized spacial score (nSPS) is 9.59. The van der Waals surface area contributed by atoms with Crippen LogP contribution in [0.5, 0.6) is 0 Å². The summed E-state index contributed by atoms with van der Waals surface area (Å²) in [5, 5.41) is 8.81. The summed E-state index contributed by atoms with van der Waals surface area (Å²) in [6, 6.07) is 6.00. The van der Waals surface area contributed by atoms with Gasteiger partial charge in [0.2, 0.25) is 5.91 Å². The quantitative estimate of drug-likeness (QED) is 0.710. The summed E-state index contributed by atoms with van der Waals surface area (Å²) < 4.78 is 0. The van der Waals surface area contributed by atoms with E-state index < -0.39 is 0 Å². The Morgan fingerprint density at radius 2 is 2.00 bits per heavy atom. The second kappa shape index (κ2) is 6.20. The van der Waals surface area contributed by atoms with E-state index in [0.717, 1.165) is 5.69 Å². The molecule has 17 heavy (non-hydrogen) atoms. The predicted octanol–water partition coefficient (Wildman–Crippen LogP) is 1.34. The zero-order valence-electron chi connectivity index (χ0n) is 10.3. The molecule has 0 atom stereocenters. The van der Waals surface area contributed by atoms with Crippen LogP contribution >= 0.6 is 12.2 Å². The van der Waals surface area contributed by atoms with Crippen LogP contribution < -0.4 is 16.0 Å². The summed E-state index contributed by atoms with van der Waals surface area (Å²) >= 11 is 5.08. The van der Waals surface area contributed by atoms with Gasteiger partial charge in [-0.25, -0.2) is 0 Å². The molecule has 1 aromatic carbocycles. The van der Waals surface area contributed by atoms with E-state index in [1.165, 1.54) is 11.1 Å². The van der Waals surface area contributed by atoms with Crippen molar-refractivity contribution < 1.29 is 4.79 Å². The molecule has 0 heterocycles. The van der Waals surface area contributed by atoms with Gasteiger partial charge >= 0.3 is 0 Å². The molecule has 0 unspecified atom stereocenters. The van der Waals surface area contributed by atoms with E-state index in [0.29, 0.717) is 5.11 Å². The summed E-state index contributed by atoms with van der Waals surface area (Å²) in [5.74, 6) is -0.103. The van der Waals surface area contributed by atoms with Gasteiger partial charge in [0.15, 0.2) is 5.11 Å². The Kier molecular flexibility index (Phi) is 4.90. The molecule has 5 heteroatoms. The number of amides is 1. The van der Waals surface area contributed by atoms with Gasteiger partial charge in [0.25, 0.3) is 0 Å². The summed E-state index contributed by atoms with van der Waals surface area (Å²) in [6.45, 7) is 4.27. The number of aryl methyl sites for hydroxylation is 2. The smallest absolute Gasteiger partial charge is 0.239 e. The SMILES string of the molecule is CNC(=O)CNC(=S)Nc1ccc(C)c(C)c1. The molecule has 0 aliphatic heterocycles. The van der Waals surface area contributed by atoms with Gasteiger partial charge in [0.05, 0.1) is 6.54 Å². The van der Waals surface area contributed by atoms with Crippen molar-refractivity contribution in [3.05, 3.63) is 29.3 Å². The predicted molar refractivity (Wildman–Crippen MR) is 74.2 cm³/mol. The third kappa shape index (κ3) is 4.40. The van der Waals surface area contributed by atoms with Gasteiger partial charge in [-0.1, -0.05) is 6.07 Å². The third-order valence-corrected chi connectivity index (χ3v) is 2.70. The second-order valence-corrected chi connectivity index (χ2v) is 4.19. The van der Waals surface area contributed by atoms with E-state index in [9.17, 15) is 4.79 Å². The van der Waals surface area contributed by atoms with E-state index in [1.807, 2.05) is 25.1 Å². The number of rotatable bonds is 3. The van der Waals surface area contributed by atoms with Crippen LogP contribution in [-0.4, -0.2) is 24.6 Å². The molecular formula is C12H17N3OS. The molecule has 0 saturated carbocycles. The van der Waals surface area contributed by atoms with Crippen LogP contribution in [0.3, 0.4) is 0 Å². The number of hydrogen-bond acceptors (Lipinski definition) is 2. The first-order valence-corrected chi connectivity index (χ1v) is 5.76. The van der Waals surface area contributed by atoms with Crippen molar-refractivity contribution in [3.8, 4) is 0 Å². The van der Waals surface area contributed by atoms with Crippen molar-refractivity contribution in [1.29, 1.82) is 0 Å². The molecule has 0 aliphatic carbocycles. The summed E-state index contributed by atoms with van der Waals surface area (Å²) in [6.07, 6.45) is 0. The standard InChI is InChI=1S/C12H17N3OS/c1-8-4-5-10(6-9(8)2)15-12(17)14-7-11(16)13-3/h4-6H,7H2,1-3H3,(H,13,16)(H2,14,15,17). The van der Waals surface area contributed by atoms with E-state index in [-0.39, 0.29) is 12.5 Å². The Morgan fingerprint density at radius 3 is 2.59 bits per heavy atom. The maximum Gasteiger partial charge on any atom is 0.239 e. The lowest BCUT2D eigenvalue weighted by atomic mass is 10.1. The monoisotopic (exact) mass is 251 g/mol. The molecule has 1 rings (SSSR count). The number of carbonyl (C=O) groups excluding carboxylic acids is 1. The molecule has 0 radical (unpaired) electrons. The Morgan fingerprint density at radius 1 is 1.29 bits per heavy atom. The van der Waals surface area contributed by atoms with Crippen molar-refractivity contribution in [1.82, 2.24) is 10.6 Å². The van der Waals surface area contributed by atoms with Crippen LogP contribution in [0.4, 0.5) is 5.69 Å². The van der Waals surface area contributed by atoms with Crippen LogP contribution in [-0.2, 0) is 4.79 Å². The van der Waals surface area contributed by atoms with Crippen molar-refractivity contribution in [3.63, 3.8) is 0 Å². The Hall–Kier alpha value is -1.62. The average molecular weight is 251 g/mol. The maximum atomic E-state index is 11.0. The highest BCUT2D eigenvalue weighted by Gasteiger charge is 2.01. The molecule has 3 N–H and O–H groups in total. The Balaban J connectivity index is 2.50. The molecule has 0 saturated heterocycles. The first-order valence-electron chi connectivity index (χ1n) is 5.35. The van der Waals surface area contributed by atoms with Gasteiger partial charge in [-0.2, -0.15) is 0 Å². The lowest BCUT2D eigenvalue weighted by Crippen LogP contribution is -2.37. The average Bonchev–Trinajstić information content (AvgIpc) is 2.31. The summed E-state index contributed by atoms with van der Waals surface area (Å²) in [5.41, 5.74) is 3.35. The minimum atomic E-state index is -0.103. The topological polar surface area (TPSA) is 53.2 Å². The molecule has 4 nitrogen and oxygen atoms in total. The summed E-state index contributed by atoms with van der Waals surface area (Å²) in [7, 11) is 1.59. The number of thiocarbonyl (C=S) groups is 1. The van der Waals surface area contributed by atoms with Crippen LogP contribution in [0.1, 0.15) is 11.1 Å². The second-order valence-electron chi connectivity index (χ2n) is 3.78. The molecule has 0 aliphatic rings. The fourth-order valence-corrected chi connectivity index (χ4v) is 1.43. The highest BCUT2D eigenvalue weighted by molar-refractivity contribution is 7.80. The molecule has 0 aromatic heterocycles. The van der Waals surface area contributed by atoms with Gasteiger partial charge in [-0.3, -0.25) is 4.79 Å². The van der Waals surface area contributed by atoms with Crippen LogP contribution in [0.15, 0.2) is 18.2 Å². The van der Waals surface area contributed by atoms with E-state index in [2.05, 4.69) is 22.9 Å². The number of benzene rings is 1. The fourth-order valence-electron chi connectivity index (χ4n) is 1.24. The largest absolute Gasteiger partial charge is 0.358 e. The Bertz CT molecular complexity index is 432. The van der Waals surface area contributed by atoms with Gasteiger partial charge in [0, 0.05) is 12.7 Å². The van der Waals surface area contributed by atoms with Crippen LogP contribution in [0.2, 0.25) is 0 Å². The zero-order valence-corrected chi connectivity index (χ0v) is 11.1. The minimum absolute atomic E-state index is 0.103.